The Kier molecular flexibility index (Phi) is 2.36. The van der Waals surface area contributed by atoms with E-state index in [2.05, 4.69) is 82.7 Å². The molecule has 0 spiro atoms. The monoisotopic (exact) mass is 306 g/mol. The van der Waals surface area contributed by atoms with E-state index in [4.69, 9.17) is 0 Å². The second-order valence-corrected chi connectivity index (χ2v) is 5.68. The van der Waals surface area contributed by atoms with Crippen molar-refractivity contribution in [1.82, 2.24) is 0 Å². The van der Waals surface area contributed by atoms with Gasteiger partial charge in [-0.25, -0.2) is 0 Å². The lowest BCUT2D eigenvalue weighted by atomic mass is 9.98. The van der Waals surface area contributed by atoms with Gasteiger partial charge in [0.25, 0.3) is 0 Å². The molecule has 90 valence electrons. The molecule has 4 rings (SSSR count). The third-order valence-electron chi connectivity index (χ3n) is 3.68. The van der Waals surface area contributed by atoms with E-state index in [1.165, 1.54) is 32.3 Å². The third-order valence-corrected chi connectivity index (χ3v) is 4.34. The maximum Gasteiger partial charge on any atom is 0.0259 e. The predicted octanol–water partition coefficient (Wildman–Crippen LogP) is 5.91. The highest BCUT2D eigenvalue weighted by atomic mass is 79.9. The van der Waals surface area contributed by atoms with Gasteiger partial charge in [0.15, 0.2) is 0 Å². The lowest BCUT2D eigenvalue weighted by Gasteiger charge is -2.08. The lowest BCUT2D eigenvalue weighted by molar-refractivity contribution is 1.74. The van der Waals surface area contributed by atoms with E-state index in [1.54, 1.807) is 0 Å². The van der Waals surface area contributed by atoms with Crippen molar-refractivity contribution in [3.63, 3.8) is 0 Å². The van der Waals surface area contributed by atoms with Crippen LogP contribution in [0, 0.1) is 0 Å². The summed E-state index contributed by atoms with van der Waals surface area (Å²) in [4.78, 5) is 0. The molecule has 0 aliphatic carbocycles. The Hall–Kier alpha value is -1.86. The van der Waals surface area contributed by atoms with Gasteiger partial charge in [0, 0.05) is 9.86 Å². The standard InChI is InChI=1S/C18H11Br/c19-17-7-3-6-12-8-9-15-10-13-4-1-2-5-14(13)11-16(15)18(12)17/h1-11H. The number of halogens is 1. The molecule has 19 heavy (non-hydrogen) atoms. The maximum atomic E-state index is 3.68. The smallest absolute Gasteiger partial charge is 0.0259 e. The molecular weight excluding hydrogens is 296 g/mol. The fraction of sp³-hybridized carbons (Fsp3) is 0. The van der Waals surface area contributed by atoms with Crippen LogP contribution >= 0.6 is 15.9 Å². The van der Waals surface area contributed by atoms with Gasteiger partial charge < -0.3 is 0 Å². The van der Waals surface area contributed by atoms with Crippen LogP contribution in [0.15, 0.2) is 71.2 Å². The van der Waals surface area contributed by atoms with Crippen LogP contribution in [0.5, 0.6) is 0 Å². The van der Waals surface area contributed by atoms with Crippen molar-refractivity contribution in [1.29, 1.82) is 0 Å². The second-order valence-electron chi connectivity index (χ2n) is 4.82. The summed E-state index contributed by atoms with van der Waals surface area (Å²) in [5.41, 5.74) is 0. The molecule has 0 saturated carbocycles. The Morgan fingerprint density at radius 2 is 1.26 bits per heavy atom. The SMILES string of the molecule is Brc1cccc2ccc3cc4ccccc4cc3c12. The van der Waals surface area contributed by atoms with Crippen LogP contribution in [0.1, 0.15) is 0 Å². The highest BCUT2D eigenvalue weighted by Gasteiger charge is 2.05. The van der Waals surface area contributed by atoms with Gasteiger partial charge in [-0.05, 0) is 45.1 Å². The Morgan fingerprint density at radius 3 is 2.11 bits per heavy atom. The molecule has 0 aromatic heterocycles. The van der Waals surface area contributed by atoms with Crippen LogP contribution in [-0.4, -0.2) is 0 Å². The molecule has 0 amide bonds. The molecule has 0 N–H and O–H groups in total. The minimum absolute atomic E-state index is 1.16. The summed E-state index contributed by atoms with van der Waals surface area (Å²) in [6.45, 7) is 0. The molecule has 0 bridgehead atoms. The fourth-order valence-corrected chi connectivity index (χ4v) is 3.35. The van der Waals surface area contributed by atoms with Crippen LogP contribution in [0.3, 0.4) is 0 Å². The highest BCUT2D eigenvalue weighted by Crippen LogP contribution is 2.33. The minimum atomic E-state index is 1.16. The Labute approximate surface area is 119 Å². The molecule has 0 radical (unpaired) electrons. The summed E-state index contributed by atoms with van der Waals surface area (Å²) < 4.78 is 1.16. The first-order valence-electron chi connectivity index (χ1n) is 6.33. The maximum absolute atomic E-state index is 3.68. The van der Waals surface area contributed by atoms with Crippen molar-refractivity contribution < 1.29 is 0 Å². The highest BCUT2D eigenvalue weighted by molar-refractivity contribution is 9.10. The van der Waals surface area contributed by atoms with Crippen LogP contribution in [-0.2, 0) is 0 Å². The quantitative estimate of drug-likeness (QED) is 0.280. The Balaban J connectivity index is 2.29. The first-order valence-corrected chi connectivity index (χ1v) is 7.12. The van der Waals surface area contributed by atoms with Gasteiger partial charge >= 0.3 is 0 Å². The van der Waals surface area contributed by atoms with E-state index in [1.807, 2.05) is 0 Å². The number of hydrogen-bond acceptors (Lipinski definition) is 0. The van der Waals surface area contributed by atoms with Crippen molar-refractivity contribution in [3.05, 3.63) is 71.2 Å². The summed E-state index contributed by atoms with van der Waals surface area (Å²) >= 11 is 3.68. The molecule has 0 unspecified atom stereocenters. The normalized spacial score (nSPS) is 11.4. The van der Waals surface area contributed by atoms with Crippen LogP contribution in [0.4, 0.5) is 0 Å². The molecule has 0 heterocycles. The van der Waals surface area contributed by atoms with Gasteiger partial charge in [0.1, 0.15) is 0 Å². The molecule has 1 heteroatoms. The van der Waals surface area contributed by atoms with Gasteiger partial charge in [-0.15, -0.1) is 0 Å². The molecule has 0 atom stereocenters. The fourth-order valence-electron chi connectivity index (χ4n) is 2.76. The van der Waals surface area contributed by atoms with E-state index < -0.39 is 0 Å². The minimum Gasteiger partial charge on any atom is -0.0616 e. The molecule has 0 fully saturated rings. The van der Waals surface area contributed by atoms with E-state index in [0.29, 0.717) is 0 Å². The Morgan fingerprint density at radius 1 is 0.579 bits per heavy atom. The van der Waals surface area contributed by atoms with E-state index in [-0.39, 0.29) is 0 Å². The van der Waals surface area contributed by atoms with Crippen molar-refractivity contribution in [2.75, 3.05) is 0 Å². The van der Waals surface area contributed by atoms with Gasteiger partial charge in [-0.3, -0.25) is 0 Å². The van der Waals surface area contributed by atoms with E-state index >= 15 is 0 Å². The molecule has 0 aliphatic rings. The van der Waals surface area contributed by atoms with E-state index in [0.717, 1.165) is 4.47 Å². The van der Waals surface area contributed by atoms with Crippen LogP contribution in [0.25, 0.3) is 32.3 Å². The van der Waals surface area contributed by atoms with Crippen molar-refractivity contribution in [3.8, 4) is 0 Å². The number of benzene rings is 4. The second kappa shape index (κ2) is 4.07. The largest absolute Gasteiger partial charge is 0.0616 e. The van der Waals surface area contributed by atoms with Crippen molar-refractivity contribution >= 4 is 48.2 Å². The van der Waals surface area contributed by atoms with Gasteiger partial charge in [-0.1, -0.05) is 64.5 Å². The average molecular weight is 307 g/mol. The van der Waals surface area contributed by atoms with Gasteiger partial charge in [0.2, 0.25) is 0 Å². The summed E-state index contributed by atoms with van der Waals surface area (Å²) in [6.07, 6.45) is 0. The molecule has 0 saturated heterocycles. The third kappa shape index (κ3) is 1.66. The van der Waals surface area contributed by atoms with Crippen molar-refractivity contribution in [2.45, 2.75) is 0 Å². The molecule has 4 aromatic carbocycles. The Bertz CT molecular complexity index is 922. The van der Waals surface area contributed by atoms with Crippen LogP contribution < -0.4 is 0 Å². The first-order chi connectivity index (χ1) is 9.33. The molecule has 0 aliphatic heterocycles. The molecule has 4 aromatic rings. The molecular formula is C18H11Br. The number of rotatable bonds is 0. The zero-order valence-electron chi connectivity index (χ0n) is 10.2. The van der Waals surface area contributed by atoms with Gasteiger partial charge in [-0.2, -0.15) is 0 Å². The first kappa shape index (κ1) is 11.0. The van der Waals surface area contributed by atoms with E-state index in [9.17, 15) is 0 Å². The summed E-state index contributed by atoms with van der Waals surface area (Å²) in [5.74, 6) is 0. The van der Waals surface area contributed by atoms with Crippen molar-refractivity contribution in [2.24, 2.45) is 0 Å². The summed E-state index contributed by atoms with van der Waals surface area (Å²) in [7, 11) is 0. The van der Waals surface area contributed by atoms with Crippen LogP contribution in [0.2, 0.25) is 0 Å². The zero-order chi connectivity index (χ0) is 12.8. The lowest BCUT2D eigenvalue weighted by Crippen LogP contribution is -1.80. The number of hydrogen-bond donors (Lipinski definition) is 0. The van der Waals surface area contributed by atoms with Gasteiger partial charge in [0.05, 0.1) is 0 Å². The predicted molar refractivity (Wildman–Crippen MR) is 86.7 cm³/mol. The zero-order valence-corrected chi connectivity index (χ0v) is 11.8. The summed E-state index contributed by atoms with van der Waals surface area (Å²) in [5, 5.41) is 7.75. The average Bonchev–Trinajstić information content (AvgIpc) is 2.45. The topological polar surface area (TPSA) is 0 Å². The summed E-state index contributed by atoms with van der Waals surface area (Å²) in [6, 6.07) is 23.8. The number of fused-ring (bicyclic) bond motifs is 4. The molecule has 0 nitrogen and oxygen atoms in total.